The molecule has 2 heterocycles. The van der Waals surface area contributed by atoms with Gasteiger partial charge in [-0.25, -0.2) is 0 Å². The van der Waals surface area contributed by atoms with E-state index in [4.69, 9.17) is 4.74 Å². The number of hydrogen-bond acceptors (Lipinski definition) is 4. The van der Waals surface area contributed by atoms with Gasteiger partial charge < -0.3 is 9.64 Å². The van der Waals surface area contributed by atoms with Crippen LogP contribution in [0.3, 0.4) is 0 Å². The highest BCUT2D eigenvalue weighted by molar-refractivity contribution is 5.86. The van der Waals surface area contributed by atoms with Crippen molar-refractivity contribution in [2.75, 3.05) is 20.2 Å². The second-order valence-electron chi connectivity index (χ2n) is 6.71. The quantitative estimate of drug-likeness (QED) is 0.796. The van der Waals surface area contributed by atoms with Crippen LogP contribution in [-0.2, 0) is 21.4 Å². The number of piperidine rings is 1. The van der Waals surface area contributed by atoms with Crippen molar-refractivity contribution in [3.05, 3.63) is 18.0 Å². The Morgan fingerprint density at radius 1 is 1.17 bits per heavy atom. The minimum atomic E-state index is -0.247. The van der Waals surface area contributed by atoms with Crippen LogP contribution in [0, 0.1) is 11.8 Å². The van der Waals surface area contributed by atoms with E-state index in [-0.39, 0.29) is 23.7 Å². The first kappa shape index (κ1) is 16.0. The monoisotopic (exact) mass is 319 g/mol. The summed E-state index contributed by atoms with van der Waals surface area (Å²) >= 11 is 0. The molecule has 1 aliphatic heterocycles. The zero-order valence-electron chi connectivity index (χ0n) is 13.9. The lowest BCUT2D eigenvalue weighted by Crippen LogP contribution is -2.43. The molecule has 2 atom stereocenters. The zero-order valence-corrected chi connectivity index (χ0v) is 13.9. The summed E-state index contributed by atoms with van der Waals surface area (Å²) in [6.07, 6.45) is 8.43. The van der Waals surface area contributed by atoms with Crippen molar-refractivity contribution < 1.29 is 14.3 Å². The average Bonchev–Trinajstić information content (AvgIpc) is 3.22. The molecule has 1 saturated heterocycles. The first-order valence-electron chi connectivity index (χ1n) is 8.45. The Labute approximate surface area is 136 Å². The van der Waals surface area contributed by atoms with Crippen LogP contribution in [0.2, 0.25) is 0 Å². The lowest BCUT2D eigenvalue weighted by atomic mass is 9.89. The summed E-state index contributed by atoms with van der Waals surface area (Å²) in [7, 11) is 3.33. The number of aryl methyl sites for hydroxylation is 1. The van der Waals surface area contributed by atoms with Crippen molar-refractivity contribution >= 4 is 11.9 Å². The van der Waals surface area contributed by atoms with E-state index in [1.165, 1.54) is 12.7 Å². The number of amides is 1. The molecule has 1 aromatic heterocycles. The number of carbonyl (C=O) groups is 2. The smallest absolute Gasteiger partial charge is 0.309 e. The number of rotatable bonds is 3. The molecule has 0 spiro atoms. The molecule has 0 aromatic carbocycles. The summed E-state index contributed by atoms with van der Waals surface area (Å²) < 4.78 is 6.69. The molecule has 0 unspecified atom stereocenters. The maximum atomic E-state index is 12.8. The minimum absolute atomic E-state index is 0.141. The molecule has 0 bridgehead atoms. The molecule has 126 valence electrons. The van der Waals surface area contributed by atoms with E-state index >= 15 is 0 Å². The molecule has 1 aromatic rings. The van der Waals surface area contributed by atoms with Gasteiger partial charge in [0, 0.05) is 26.3 Å². The van der Waals surface area contributed by atoms with E-state index < -0.39 is 0 Å². The van der Waals surface area contributed by atoms with Gasteiger partial charge >= 0.3 is 5.97 Å². The van der Waals surface area contributed by atoms with Gasteiger partial charge in [-0.05, 0) is 37.2 Å². The largest absolute Gasteiger partial charge is 0.469 e. The Kier molecular flexibility index (Phi) is 4.68. The third kappa shape index (κ3) is 3.26. The number of hydrogen-bond donors (Lipinski definition) is 0. The molecule has 3 rings (SSSR count). The predicted octanol–water partition coefficient (Wildman–Crippen LogP) is 1.72. The number of esters is 1. The molecule has 2 fully saturated rings. The Balaban J connectivity index is 1.58. The Morgan fingerprint density at radius 3 is 2.48 bits per heavy atom. The van der Waals surface area contributed by atoms with Crippen LogP contribution in [0.4, 0.5) is 0 Å². The Morgan fingerprint density at radius 2 is 1.87 bits per heavy atom. The summed E-state index contributed by atoms with van der Waals surface area (Å²) in [5.74, 6) is -0.0395. The number of likely N-dealkylation sites (tertiary alicyclic amines) is 1. The molecule has 23 heavy (non-hydrogen) atoms. The number of carbonyl (C=O) groups excluding carboxylic acids is 2. The lowest BCUT2D eigenvalue weighted by molar-refractivity contribution is -0.152. The Bertz CT molecular complexity index is 575. The standard InChI is InChI=1S/C17H25N3O3/c1-19-11-13(10-18-19)12-6-8-20(9-7-12)16(21)14-4-3-5-15(14)17(22)23-2/h10-12,14-15H,3-9H2,1-2H3/t14-,15-/m1/s1. The van der Waals surface area contributed by atoms with E-state index in [2.05, 4.69) is 11.3 Å². The van der Waals surface area contributed by atoms with Gasteiger partial charge in [0.1, 0.15) is 0 Å². The van der Waals surface area contributed by atoms with Crippen LogP contribution in [0.25, 0.3) is 0 Å². The second kappa shape index (κ2) is 6.72. The highest BCUT2D eigenvalue weighted by Crippen LogP contribution is 2.36. The van der Waals surface area contributed by atoms with Gasteiger partial charge in [-0.1, -0.05) is 6.42 Å². The summed E-state index contributed by atoms with van der Waals surface area (Å²) in [5.41, 5.74) is 1.26. The van der Waals surface area contributed by atoms with Crippen LogP contribution in [-0.4, -0.2) is 46.8 Å². The highest BCUT2D eigenvalue weighted by Gasteiger charge is 2.41. The molecule has 0 radical (unpaired) electrons. The summed E-state index contributed by atoms with van der Waals surface area (Å²) in [4.78, 5) is 26.6. The van der Waals surface area contributed by atoms with Crippen molar-refractivity contribution in [1.82, 2.24) is 14.7 Å². The SMILES string of the molecule is COC(=O)[C@@H]1CCC[C@H]1C(=O)N1CCC(c2cnn(C)c2)CC1. The van der Waals surface area contributed by atoms with Gasteiger partial charge in [0.05, 0.1) is 25.1 Å². The normalized spacial score (nSPS) is 25.6. The van der Waals surface area contributed by atoms with Gasteiger partial charge in [0.25, 0.3) is 0 Å². The number of aromatic nitrogens is 2. The van der Waals surface area contributed by atoms with Crippen LogP contribution in [0.15, 0.2) is 12.4 Å². The lowest BCUT2D eigenvalue weighted by Gasteiger charge is -2.34. The molecular formula is C17H25N3O3. The second-order valence-corrected chi connectivity index (χ2v) is 6.71. The van der Waals surface area contributed by atoms with Gasteiger partial charge in [-0.2, -0.15) is 5.10 Å². The van der Waals surface area contributed by atoms with Crippen molar-refractivity contribution in [3.63, 3.8) is 0 Å². The fraction of sp³-hybridized carbons (Fsp3) is 0.706. The van der Waals surface area contributed by atoms with Crippen LogP contribution >= 0.6 is 0 Å². The van der Waals surface area contributed by atoms with E-state index in [1.807, 2.05) is 22.8 Å². The van der Waals surface area contributed by atoms with Crippen molar-refractivity contribution in [3.8, 4) is 0 Å². The van der Waals surface area contributed by atoms with Crippen LogP contribution < -0.4 is 0 Å². The summed E-state index contributed by atoms with van der Waals surface area (Å²) in [5, 5.41) is 4.23. The molecule has 2 aliphatic rings. The van der Waals surface area contributed by atoms with Crippen molar-refractivity contribution in [2.24, 2.45) is 18.9 Å². The fourth-order valence-electron chi connectivity index (χ4n) is 4.01. The number of methoxy groups -OCH3 is 1. The number of nitrogens with zero attached hydrogens (tertiary/aromatic N) is 3. The highest BCUT2D eigenvalue weighted by atomic mass is 16.5. The first-order chi connectivity index (χ1) is 11.1. The molecule has 6 nitrogen and oxygen atoms in total. The predicted molar refractivity (Wildman–Crippen MR) is 84.6 cm³/mol. The summed E-state index contributed by atoms with van der Waals surface area (Å²) in [6, 6.07) is 0. The number of ether oxygens (including phenoxy) is 1. The van der Waals surface area contributed by atoms with Crippen LogP contribution in [0.1, 0.15) is 43.6 Å². The maximum absolute atomic E-state index is 12.8. The van der Waals surface area contributed by atoms with Gasteiger partial charge in [0.2, 0.25) is 5.91 Å². The third-order valence-corrected chi connectivity index (χ3v) is 5.34. The third-order valence-electron chi connectivity index (χ3n) is 5.34. The topological polar surface area (TPSA) is 64.4 Å². The molecular weight excluding hydrogens is 294 g/mol. The van der Waals surface area contributed by atoms with E-state index in [1.54, 1.807) is 0 Å². The van der Waals surface area contributed by atoms with Crippen LogP contribution in [0.5, 0.6) is 0 Å². The summed E-state index contributed by atoms with van der Waals surface area (Å²) in [6.45, 7) is 1.53. The molecule has 1 aliphatic carbocycles. The molecule has 6 heteroatoms. The molecule has 0 N–H and O–H groups in total. The minimum Gasteiger partial charge on any atom is -0.469 e. The van der Waals surface area contributed by atoms with Gasteiger partial charge in [-0.15, -0.1) is 0 Å². The molecule has 1 saturated carbocycles. The van der Waals surface area contributed by atoms with Gasteiger partial charge in [-0.3, -0.25) is 14.3 Å². The molecule has 1 amide bonds. The van der Waals surface area contributed by atoms with E-state index in [9.17, 15) is 9.59 Å². The van der Waals surface area contributed by atoms with Gasteiger partial charge in [0.15, 0.2) is 0 Å². The first-order valence-corrected chi connectivity index (χ1v) is 8.45. The Hall–Kier alpha value is -1.85. The maximum Gasteiger partial charge on any atom is 0.309 e. The average molecular weight is 319 g/mol. The zero-order chi connectivity index (χ0) is 16.4. The van der Waals surface area contributed by atoms with Crippen molar-refractivity contribution in [1.29, 1.82) is 0 Å². The van der Waals surface area contributed by atoms with Crippen molar-refractivity contribution in [2.45, 2.75) is 38.0 Å². The van der Waals surface area contributed by atoms with E-state index in [0.717, 1.165) is 45.2 Å². The van der Waals surface area contributed by atoms with E-state index in [0.29, 0.717) is 5.92 Å². The fourth-order valence-corrected chi connectivity index (χ4v) is 4.01.